The largest absolute Gasteiger partial charge is 0.399 e. The highest BCUT2D eigenvalue weighted by Gasteiger charge is 2.23. The van der Waals surface area contributed by atoms with Gasteiger partial charge >= 0.3 is 0 Å². The van der Waals surface area contributed by atoms with Crippen LogP contribution in [-0.4, -0.2) is 35.9 Å². The molecule has 19 heavy (non-hydrogen) atoms. The minimum Gasteiger partial charge on any atom is -0.399 e. The number of hydrogen-bond acceptors (Lipinski definition) is 4. The molecule has 0 bridgehead atoms. The van der Waals surface area contributed by atoms with E-state index in [1.165, 1.54) is 0 Å². The molecule has 1 aliphatic rings. The van der Waals surface area contributed by atoms with E-state index in [9.17, 15) is 0 Å². The van der Waals surface area contributed by atoms with Gasteiger partial charge in [0.1, 0.15) is 0 Å². The fourth-order valence-electron chi connectivity index (χ4n) is 2.80. The number of imidazole rings is 1. The smallest absolute Gasteiger partial charge is 0.206 e. The van der Waals surface area contributed by atoms with Crippen LogP contribution in [-0.2, 0) is 11.8 Å². The summed E-state index contributed by atoms with van der Waals surface area (Å²) in [5, 5.41) is 0. The number of rotatable bonds is 2. The van der Waals surface area contributed by atoms with Crippen LogP contribution in [0.3, 0.4) is 0 Å². The number of nitrogens with two attached hydrogens (primary N) is 1. The van der Waals surface area contributed by atoms with Crippen molar-refractivity contribution in [3.05, 3.63) is 18.2 Å². The van der Waals surface area contributed by atoms with Crippen molar-refractivity contribution in [2.75, 3.05) is 30.8 Å². The monoisotopic (exact) mass is 260 g/mol. The lowest BCUT2D eigenvalue weighted by Gasteiger charge is -2.32. The van der Waals surface area contributed by atoms with Gasteiger partial charge in [-0.05, 0) is 31.0 Å². The number of anilines is 2. The van der Waals surface area contributed by atoms with E-state index in [-0.39, 0.29) is 0 Å². The van der Waals surface area contributed by atoms with Crippen LogP contribution >= 0.6 is 0 Å². The lowest BCUT2D eigenvalue weighted by molar-refractivity contribution is 0.0888. The Bertz CT molecular complexity index is 592. The Balaban J connectivity index is 1.98. The van der Waals surface area contributed by atoms with Crippen molar-refractivity contribution in [3.63, 3.8) is 0 Å². The first kappa shape index (κ1) is 12.3. The second kappa shape index (κ2) is 4.74. The van der Waals surface area contributed by atoms with E-state index in [1.54, 1.807) is 7.11 Å². The van der Waals surface area contributed by atoms with Crippen molar-refractivity contribution in [3.8, 4) is 0 Å². The molecule has 0 radical (unpaired) electrons. The Kier molecular flexibility index (Phi) is 3.06. The van der Waals surface area contributed by atoms with Gasteiger partial charge in [-0.1, -0.05) is 0 Å². The number of fused-ring (bicyclic) bond motifs is 1. The van der Waals surface area contributed by atoms with Gasteiger partial charge in [0.05, 0.1) is 17.1 Å². The number of piperidine rings is 1. The highest BCUT2D eigenvalue weighted by molar-refractivity contribution is 5.82. The Morgan fingerprint density at radius 2 is 2.26 bits per heavy atom. The van der Waals surface area contributed by atoms with E-state index in [0.29, 0.717) is 6.10 Å². The van der Waals surface area contributed by atoms with Crippen LogP contribution in [0, 0.1) is 0 Å². The molecular formula is C14H20N4O. The zero-order valence-electron chi connectivity index (χ0n) is 11.5. The maximum atomic E-state index is 5.82. The van der Waals surface area contributed by atoms with E-state index in [4.69, 9.17) is 15.5 Å². The standard InChI is InChI=1S/C14H20N4O/c1-17-13-6-5-10(15)8-12(13)16-14(17)18-7-3-4-11(9-18)19-2/h5-6,8,11H,3-4,7,9,15H2,1-2H3/t11-/m1/s1. The number of aromatic nitrogens is 2. The second-order valence-electron chi connectivity index (χ2n) is 5.16. The molecule has 0 saturated carbocycles. The summed E-state index contributed by atoms with van der Waals surface area (Å²) in [7, 11) is 3.83. The normalized spacial score (nSPS) is 20.1. The molecule has 0 aliphatic carbocycles. The summed E-state index contributed by atoms with van der Waals surface area (Å²) in [5.74, 6) is 1.00. The molecular weight excluding hydrogens is 240 g/mol. The number of nitrogen functional groups attached to an aromatic ring is 1. The van der Waals surface area contributed by atoms with E-state index in [1.807, 2.05) is 18.2 Å². The van der Waals surface area contributed by atoms with Crippen LogP contribution in [0.1, 0.15) is 12.8 Å². The van der Waals surface area contributed by atoms with Crippen molar-refractivity contribution in [2.24, 2.45) is 7.05 Å². The van der Waals surface area contributed by atoms with Crippen molar-refractivity contribution >= 4 is 22.7 Å². The molecule has 1 aromatic carbocycles. The Hall–Kier alpha value is -1.75. The fraction of sp³-hybridized carbons (Fsp3) is 0.500. The van der Waals surface area contributed by atoms with Crippen molar-refractivity contribution < 1.29 is 4.74 Å². The first-order valence-electron chi connectivity index (χ1n) is 6.68. The SMILES string of the molecule is CO[C@@H]1CCCN(c2nc3cc(N)ccc3n2C)C1. The third kappa shape index (κ3) is 2.14. The molecule has 1 fully saturated rings. The topological polar surface area (TPSA) is 56.3 Å². The summed E-state index contributed by atoms with van der Waals surface area (Å²) in [5.41, 5.74) is 8.65. The van der Waals surface area contributed by atoms with E-state index in [2.05, 4.69) is 16.5 Å². The van der Waals surface area contributed by atoms with E-state index in [0.717, 1.165) is 48.6 Å². The third-order valence-corrected chi connectivity index (χ3v) is 3.88. The van der Waals surface area contributed by atoms with Gasteiger partial charge in [-0.3, -0.25) is 0 Å². The van der Waals surface area contributed by atoms with Gasteiger partial charge < -0.3 is 19.9 Å². The first-order chi connectivity index (χ1) is 9.19. The predicted octanol–water partition coefficient (Wildman–Crippen LogP) is 1.77. The van der Waals surface area contributed by atoms with Gasteiger partial charge in [0.15, 0.2) is 0 Å². The second-order valence-corrected chi connectivity index (χ2v) is 5.16. The molecule has 3 rings (SSSR count). The molecule has 1 saturated heterocycles. The average Bonchev–Trinajstić information content (AvgIpc) is 2.75. The molecule has 5 heteroatoms. The van der Waals surface area contributed by atoms with Crippen molar-refractivity contribution in [1.82, 2.24) is 9.55 Å². The number of nitrogens with zero attached hydrogens (tertiary/aromatic N) is 3. The lowest BCUT2D eigenvalue weighted by atomic mass is 10.1. The lowest BCUT2D eigenvalue weighted by Crippen LogP contribution is -2.40. The van der Waals surface area contributed by atoms with Crippen molar-refractivity contribution in [2.45, 2.75) is 18.9 Å². The molecule has 2 aromatic rings. The third-order valence-electron chi connectivity index (χ3n) is 3.88. The van der Waals surface area contributed by atoms with Crippen LogP contribution in [0.25, 0.3) is 11.0 Å². The van der Waals surface area contributed by atoms with E-state index < -0.39 is 0 Å². The maximum Gasteiger partial charge on any atom is 0.206 e. The quantitative estimate of drug-likeness (QED) is 0.836. The minimum absolute atomic E-state index is 0.304. The van der Waals surface area contributed by atoms with Gasteiger partial charge in [-0.25, -0.2) is 4.98 Å². The number of methoxy groups -OCH3 is 1. The number of aryl methyl sites for hydroxylation is 1. The van der Waals surface area contributed by atoms with Crippen molar-refractivity contribution in [1.29, 1.82) is 0 Å². The molecule has 5 nitrogen and oxygen atoms in total. The molecule has 2 N–H and O–H groups in total. The summed E-state index contributed by atoms with van der Waals surface area (Å²) in [6.07, 6.45) is 2.58. The summed E-state index contributed by atoms with van der Waals surface area (Å²) in [6.45, 7) is 1.94. The molecule has 1 atom stereocenters. The molecule has 1 aromatic heterocycles. The minimum atomic E-state index is 0.304. The number of ether oxygens (including phenoxy) is 1. The maximum absolute atomic E-state index is 5.82. The zero-order valence-corrected chi connectivity index (χ0v) is 11.5. The molecule has 0 amide bonds. The number of hydrogen-bond donors (Lipinski definition) is 1. The van der Waals surface area contributed by atoms with Crippen LogP contribution in [0.2, 0.25) is 0 Å². The summed E-state index contributed by atoms with van der Waals surface area (Å²) in [4.78, 5) is 7.02. The van der Waals surface area contributed by atoms with Gasteiger partial charge in [0.2, 0.25) is 5.95 Å². The predicted molar refractivity (Wildman–Crippen MR) is 77.4 cm³/mol. The van der Waals surface area contributed by atoms with Crippen LogP contribution < -0.4 is 10.6 Å². The average molecular weight is 260 g/mol. The molecule has 1 aliphatic heterocycles. The molecule has 0 unspecified atom stereocenters. The van der Waals surface area contributed by atoms with Gasteiger partial charge in [-0.2, -0.15) is 0 Å². The van der Waals surface area contributed by atoms with Gasteiger partial charge in [0.25, 0.3) is 0 Å². The number of benzene rings is 1. The van der Waals surface area contributed by atoms with Crippen LogP contribution in [0.15, 0.2) is 18.2 Å². The summed E-state index contributed by atoms with van der Waals surface area (Å²) in [6, 6.07) is 5.87. The molecule has 2 heterocycles. The highest BCUT2D eigenvalue weighted by Crippen LogP contribution is 2.25. The highest BCUT2D eigenvalue weighted by atomic mass is 16.5. The Morgan fingerprint density at radius 1 is 1.42 bits per heavy atom. The molecule has 0 spiro atoms. The Labute approximate surface area is 113 Å². The van der Waals surface area contributed by atoms with E-state index >= 15 is 0 Å². The fourth-order valence-corrected chi connectivity index (χ4v) is 2.80. The van der Waals surface area contributed by atoms with Gasteiger partial charge in [-0.15, -0.1) is 0 Å². The summed E-state index contributed by atoms with van der Waals surface area (Å²) < 4.78 is 7.61. The van der Waals surface area contributed by atoms with Crippen LogP contribution in [0.4, 0.5) is 11.6 Å². The van der Waals surface area contributed by atoms with Gasteiger partial charge in [0, 0.05) is 32.9 Å². The first-order valence-corrected chi connectivity index (χ1v) is 6.68. The Morgan fingerprint density at radius 3 is 3.05 bits per heavy atom. The van der Waals surface area contributed by atoms with Crippen LogP contribution in [0.5, 0.6) is 0 Å². The zero-order chi connectivity index (χ0) is 13.4. The summed E-state index contributed by atoms with van der Waals surface area (Å²) >= 11 is 0. The molecule has 102 valence electrons.